The summed E-state index contributed by atoms with van der Waals surface area (Å²) in [5, 5.41) is 0. The van der Waals surface area contributed by atoms with Crippen molar-refractivity contribution in [1.29, 1.82) is 0 Å². The lowest BCUT2D eigenvalue weighted by atomic mass is 10.1. The first-order valence-corrected chi connectivity index (χ1v) is 7.11. The van der Waals surface area contributed by atoms with Crippen LogP contribution in [0.25, 0.3) is 0 Å². The Bertz CT molecular complexity index is 365. The molecule has 0 heterocycles. The summed E-state index contributed by atoms with van der Waals surface area (Å²) in [6.07, 6.45) is 6.34. The normalized spacial score (nSPS) is 10.5. The molecular weight excluding hydrogens is 242 g/mol. The third kappa shape index (κ3) is 6.12. The molecule has 0 aliphatic rings. The van der Waals surface area contributed by atoms with Crippen LogP contribution in [0.3, 0.4) is 0 Å². The van der Waals surface area contributed by atoms with Crippen LogP contribution in [-0.2, 0) is 11.3 Å². The number of thiocarbonyl (C=S) groups is 1. The third-order valence-corrected chi connectivity index (χ3v) is 3.11. The zero-order chi connectivity index (χ0) is 13.2. The molecule has 0 amide bonds. The average molecular weight is 265 g/mol. The first-order chi connectivity index (χ1) is 8.74. The quantitative estimate of drug-likeness (QED) is 0.545. The van der Waals surface area contributed by atoms with E-state index in [4.69, 9.17) is 22.7 Å². The molecule has 1 aromatic rings. The molecule has 3 heteroatoms. The standard InChI is InChI=1S/C15H23NOS/c1-2-3-4-5-6-10-17-12-13-8-7-9-14(11-13)15(16)18/h7-9,11H,2-6,10,12H2,1H3,(H2,16,18). The second-order valence-corrected chi connectivity index (χ2v) is 4.97. The Balaban J connectivity index is 2.19. The maximum Gasteiger partial charge on any atom is 0.103 e. The van der Waals surface area contributed by atoms with Crippen molar-refractivity contribution in [2.45, 2.75) is 45.6 Å². The van der Waals surface area contributed by atoms with Crippen molar-refractivity contribution in [3.05, 3.63) is 35.4 Å². The average Bonchev–Trinajstić information content (AvgIpc) is 2.38. The van der Waals surface area contributed by atoms with E-state index in [1.165, 1.54) is 25.7 Å². The number of rotatable bonds is 9. The third-order valence-electron chi connectivity index (χ3n) is 2.87. The van der Waals surface area contributed by atoms with Gasteiger partial charge in [0.2, 0.25) is 0 Å². The van der Waals surface area contributed by atoms with Gasteiger partial charge in [0.15, 0.2) is 0 Å². The predicted molar refractivity (Wildman–Crippen MR) is 80.7 cm³/mol. The Morgan fingerprint density at radius 1 is 1.22 bits per heavy atom. The highest BCUT2D eigenvalue weighted by atomic mass is 32.1. The molecule has 2 nitrogen and oxygen atoms in total. The molecule has 2 N–H and O–H groups in total. The fourth-order valence-corrected chi connectivity index (χ4v) is 1.94. The number of benzene rings is 1. The van der Waals surface area contributed by atoms with Crippen molar-refractivity contribution in [1.82, 2.24) is 0 Å². The topological polar surface area (TPSA) is 35.2 Å². The molecule has 0 aromatic heterocycles. The van der Waals surface area contributed by atoms with Gasteiger partial charge in [-0.15, -0.1) is 0 Å². The van der Waals surface area contributed by atoms with Gasteiger partial charge < -0.3 is 10.5 Å². The summed E-state index contributed by atoms with van der Waals surface area (Å²) < 4.78 is 5.65. The second-order valence-electron chi connectivity index (χ2n) is 4.53. The molecule has 18 heavy (non-hydrogen) atoms. The summed E-state index contributed by atoms with van der Waals surface area (Å²) in [7, 11) is 0. The maximum atomic E-state index is 5.65. The first kappa shape index (κ1) is 15.1. The second kappa shape index (κ2) is 9.06. The monoisotopic (exact) mass is 265 g/mol. The van der Waals surface area contributed by atoms with E-state index in [2.05, 4.69) is 6.92 Å². The highest BCUT2D eigenvalue weighted by molar-refractivity contribution is 7.80. The molecule has 1 rings (SSSR count). The van der Waals surface area contributed by atoms with Gasteiger partial charge >= 0.3 is 0 Å². The molecule has 100 valence electrons. The Hall–Kier alpha value is -0.930. The highest BCUT2D eigenvalue weighted by Gasteiger charge is 1.98. The van der Waals surface area contributed by atoms with E-state index in [-0.39, 0.29) is 0 Å². The van der Waals surface area contributed by atoms with Crippen molar-refractivity contribution in [3.63, 3.8) is 0 Å². The minimum Gasteiger partial charge on any atom is -0.389 e. The predicted octanol–water partition coefficient (Wildman–Crippen LogP) is 3.81. The summed E-state index contributed by atoms with van der Waals surface area (Å²) in [5.41, 5.74) is 7.64. The maximum absolute atomic E-state index is 5.65. The Kier molecular flexibility index (Phi) is 7.62. The molecule has 0 aliphatic heterocycles. The van der Waals surface area contributed by atoms with Gasteiger partial charge in [0.05, 0.1) is 6.61 Å². The minimum absolute atomic E-state index is 0.441. The lowest BCUT2D eigenvalue weighted by Gasteiger charge is -2.06. The fourth-order valence-electron chi connectivity index (χ4n) is 1.81. The van der Waals surface area contributed by atoms with Gasteiger partial charge in [-0.1, -0.05) is 63.0 Å². The number of hydrogen-bond acceptors (Lipinski definition) is 2. The van der Waals surface area contributed by atoms with Crippen LogP contribution in [-0.4, -0.2) is 11.6 Å². The van der Waals surface area contributed by atoms with E-state index < -0.39 is 0 Å². The minimum atomic E-state index is 0.441. The summed E-state index contributed by atoms with van der Waals surface area (Å²) >= 11 is 4.95. The Morgan fingerprint density at radius 3 is 2.72 bits per heavy atom. The van der Waals surface area contributed by atoms with Gasteiger partial charge in [-0.3, -0.25) is 0 Å². The molecule has 0 bridgehead atoms. The fraction of sp³-hybridized carbons (Fsp3) is 0.533. The van der Waals surface area contributed by atoms with Crippen LogP contribution >= 0.6 is 12.2 Å². The van der Waals surface area contributed by atoms with Crippen LogP contribution in [0, 0.1) is 0 Å². The van der Waals surface area contributed by atoms with Gasteiger partial charge in [0.1, 0.15) is 4.99 Å². The Morgan fingerprint density at radius 2 is 2.00 bits per heavy atom. The van der Waals surface area contributed by atoms with E-state index in [0.29, 0.717) is 11.6 Å². The summed E-state index contributed by atoms with van der Waals surface area (Å²) in [5.74, 6) is 0. The molecule has 1 aromatic carbocycles. The number of unbranched alkanes of at least 4 members (excludes halogenated alkanes) is 4. The summed E-state index contributed by atoms with van der Waals surface area (Å²) in [4.78, 5) is 0.441. The van der Waals surface area contributed by atoms with Crippen LogP contribution in [0.15, 0.2) is 24.3 Å². The number of ether oxygens (including phenoxy) is 1. The van der Waals surface area contributed by atoms with Crippen LogP contribution in [0.4, 0.5) is 0 Å². The molecule has 0 saturated carbocycles. The molecule has 0 saturated heterocycles. The molecule has 0 atom stereocenters. The van der Waals surface area contributed by atoms with Crippen molar-refractivity contribution in [3.8, 4) is 0 Å². The molecule has 0 unspecified atom stereocenters. The van der Waals surface area contributed by atoms with Crippen molar-refractivity contribution in [2.75, 3.05) is 6.61 Å². The van der Waals surface area contributed by atoms with Gasteiger partial charge in [0.25, 0.3) is 0 Å². The molecule has 0 spiro atoms. The SMILES string of the molecule is CCCCCCCOCc1cccc(C(N)=S)c1. The van der Waals surface area contributed by atoms with Crippen LogP contribution in [0.2, 0.25) is 0 Å². The zero-order valence-electron chi connectivity index (χ0n) is 11.2. The first-order valence-electron chi connectivity index (χ1n) is 6.70. The highest BCUT2D eigenvalue weighted by Crippen LogP contribution is 2.08. The number of hydrogen-bond donors (Lipinski definition) is 1. The van der Waals surface area contributed by atoms with E-state index >= 15 is 0 Å². The van der Waals surface area contributed by atoms with Gasteiger partial charge in [-0.05, 0) is 18.1 Å². The molecular formula is C15H23NOS. The van der Waals surface area contributed by atoms with Crippen molar-refractivity contribution < 1.29 is 4.74 Å². The van der Waals surface area contributed by atoms with Crippen LogP contribution < -0.4 is 5.73 Å². The van der Waals surface area contributed by atoms with Gasteiger partial charge in [0, 0.05) is 12.2 Å². The molecule has 0 aliphatic carbocycles. The van der Waals surface area contributed by atoms with E-state index in [1.807, 2.05) is 24.3 Å². The van der Waals surface area contributed by atoms with Crippen molar-refractivity contribution in [2.24, 2.45) is 5.73 Å². The lowest BCUT2D eigenvalue weighted by molar-refractivity contribution is 0.116. The van der Waals surface area contributed by atoms with Gasteiger partial charge in [-0.2, -0.15) is 0 Å². The van der Waals surface area contributed by atoms with Crippen molar-refractivity contribution >= 4 is 17.2 Å². The largest absolute Gasteiger partial charge is 0.389 e. The van der Waals surface area contributed by atoms with E-state index in [0.717, 1.165) is 24.2 Å². The van der Waals surface area contributed by atoms with Gasteiger partial charge in [-0.25, -0.2) is 0 Å². The molecule has 0 radical (unpaired) electrons. The van der Waals surface area contributed by atoms with Crippen LogP contribution in [0.1, 0.15) is 50.2 Å². The van der Waals surface area contributed by atoms with E-state index in [1.54, 1.807) is 0 Å². The zero-order valence-corrected chi connectivity index (χ0v) is 12.0. The smallest absolute Gasteiger partial charge is 0.103 e. The molecule has 0 fully saturated rings. The summed E-state index contributed by atoms with van der Waals surface area (Å²) in [6, 6.07) is 7.93. The number of nitrogens with two attached hydrogens (primary N) is 1. The van der Waals surface area contributed by atoms with E-state index in [9.17, 15) is 0 Å². The lowest BCUT2D eigenvalue weighted by Crippen LogP contribution is -2.09. The summed E-state index contributed by atoms with van der Waals surface area (Å²) in [6.45, 7) is 3.70. The Labute approximate surface area is 116 Å². The van der Waals surface area contributed by atoms with Crippen LogP contribution in [0.5, 0.6) is 0 Å².